The van der Waals surface area contributed by atoms with Gasteiger partial charge in [-0.15, -0.1) is 0 Å². The molecule has 2 saturated heterocycles. The first-order chi connectivity index (χ1) is 16.5. The number of carbonyl (C=O) groups excluding carboxylic acids is 1. The van der Waals surface area contributed by atoms with E-state index in [0.29, 0.717) is 24.2 Å². The predicted octanol–water partition coefficient (Wildman–Crippen LogP) is 4.18. The van der Waals surface area contributed by atoms with Crippen molar-refractivity contribution in [3.63, 3.8) is 0 Å². The Morgan fingerprint density at radius 1 is 1.09 bits per heavy atom. The number of nitrogens with zero attached hydrogens (tertiary/aromatic N) is 4. The van der Waals surface area contributed by atoms with E-state index in [1.54, 1.807) is 11.0 Å². The zero-order chi connectivity index (χ0) is 24.1. The molecule has 0 unspecified atom stereocenters. The molecule has 0 saturated carbocycles. The monoisotopic (exact) mass is 488 g/mol. The number of piperidine rings is 1. The Kier molecular flexibility index (Phi) is 7.74. The minimum Gasteiger partial charge on any atom is -0.490 e. The van der Waals surface area contributed by atoms with Gasteiger partial charge < -0.3 is 19.3 Å². The lowest BCUT2D eigenvalue weighted by atomic mass is 10.0. The Balaban J connectivity index is 1.26. The van der Waals surface area contributed by atoms with E-state index in [4.69, 9.17) is 21.1 Å². The largest absolute Gasteiger partial charge is 0.490 e. The van der Waals surface area contributed by atoms with Gasteiger partial charge in [0.25, 0.3) is 0 Å². The summed E-state index contributed by atoms with van der Waals surface area (Å²) in [5, 5.41) is 11.6. The number of methoxy groups -OCH3 is 1. The first-order valence-electron chi connectivity index (χ1n) is 11.4. The van der Waals surface area contributed by atoms with E-state index in [0.717, 1.165) is 50.3 Å². The molecule has 1 amide bonds. The minimum atomic E-state index is -0.488. The molecule has 2 aliphatic rings. The van der Waals surface area contributed by atoms with Crippen molar-refractivity contribution < 1.29 is 19.2 Å². The van der Waals surface area contributed by atoms with Gasteiger partial charge in [0, 0.05) is 57.4 Å². The zero-order valence-corrected chi connectivity index (χ0v) is 19.9. The summed E-state index contributed by atoms with van der Waals surface area (Å²) in [7, 11) is 1.42. The Hall–Kier alpha value is -3.04. The summed E-state index contributed by atoms with van der Waals surface area (Å²) in [4.78, 5) is 29.5. The fourth-order valence-corrected chi connectivity index (χ4v) is 4.91. The van der Waals surface area contributed by atoms with Crippen LogP contribution in [0.4, 0.5) is 16.2 Å². The van der Waals surface area contributed by atoms with Gasteiger partial charge in [0.1, 0.15) is 6.61 Å². The second kappa shape index (κ2) is 10.9. The van der Waals surface area contributed by atoms with E-state index in [-0.39, 0.29) is 24.1 Å². The molecule has 0 atom stereocenters. The van der Waals surface area contributed by atoms with Gasteiger partial charge in [-0.05, 0) is 18.4 Å². The highest BCUT2D eigenvalue weighted by Gasteiger charge is 2.30. The summed E-state index contributed by atoms with van der Waals surface area (Å²) in [6.45, 7) is 4.82. The Bertz CT molecular complexity index is 1010. The lowest BCUT2D eigenvalue weighted by molar-refractivity contribution is -0.385. The van der Waals surface area contributed by atoms with Crippen LogP contribution in [-0.2, 0) is 11.3 Å². The van der Waals surface area contributed by atoms with Gasteiger partial charge >= 0.3 is 11.8 Å². The molecule has 0 aromatic heterocycles. The molecule has 2 aromatic rings. The maximum atomic E-state index is 12.4. The molecule has 0 bridgehead atoms. The maximum absolute atomic E-state index is 12.4. The van der Waals surface area contributed by atoms with Crippen LogP contribution in [0.15, 0.2) is 42.5 Å². The number of rotatable bonds is 6. The molecule has 0 radical (unpaired) electrons. The average Bonchev–Trinajstić information content (AvgIpc) is 2.88. The molecule has 9 nitrogen and oxygen atoms in total. The molecule has 0 aliphatic carbocycles. The number of piperazine rings is 1. The summed E-state index contributed by atoms with van der Waals surface area (Å²) in [5.41, 5.74) is 1.60. The number of hydrogen-bond donors (Lipinski definition) is 0. The van der Waals surface area contributed by atoms with Gasteiger partial charge in [0.05, 0.1) is 22.7 Å². The van der Waals surface area contributed by atoms with Crippen LogP contribution in [0.1, 0.15) is 18.4 Å². The number of anilines is 1. The molecule has 34 heavy (non-hydrogen) atoms. The number of nitro groups is 1. The first kappa shape index (κ1) is 24.1. The van der Waals surface area contributed by atoms with Crippen molar-refractivity contribution in [1.29, 1.82) is 0 Å². The minimum absolute atomic E-state index is 0.133. The lowest BCUT2D eigenvalue weighted by Gasteiger charge is -2.43. The van der Waals surface area contributed by atoms with Gasteiger partial charge in [-0.2, -0.15) is 0 Å². The summed E-state index contributed by atoms with van der Waals surface area (Å²) in [6.07, 6.45) is 1.64. The third-order valence-electron chi connectivity index (χ3n) is 6.54. The van der Waals surface area contributed by atoms with E-state index in [9.17, 15) is 14.9 Å². The molecular weight excluding hydrogens is 460 g/mol. The highest BCUT2D eigenvalue weighted by molar-refractivity contribution is 6.33. The molecule has 0 N–H and O–H groups in total. The number of nitro benzene ring substituents is 1. The predicted molar refractivity (Wildman–Crippen MR) is 130 cm³/mol. The number of ether oxygens (including phenoxy) is 2. The molecular formula is C24H29ClN4O5. The van der Waals surface area contributed by atoms with Crippen molar-refractivity contribution >= 4 is 29.1 Å². The lowest BCUT2D eigenvalue weighted by Crippen LogP contribution is -2.54. The van der Waals surface area contributed by atoms with Gasteiger partial charge in [0.2, 0.25) is 0 Å². The van der Waals surface area contributed by atoms with Crippen LogP contribution in [0, 0.1) is 10.1 Å². The third-order valence-corrected chi connectivity index (χ3v) is 6.85. The molecule has 2 heterocycles. The van der Waals surface area contributed by atoms with E-state index in [1.165, 1.54) is 13.2 Å². The molecule has 0 spiro atoms. The van der Waals surface area contributed by atoms with Crippen molar-refractivity contribution in [2.45, 2.75) is 25.5 Å². The highest BCUT2D eigenvalue weighted by atomic mass is 35.5. The second-order valence-corrected chi connectivity index (χ2v) is 8.92. The summed E-state index contributed by atoms with van der Waals surface area (Å²) in [6, 6.07) is 13.1. The van der Waals surface area contributed by atoms with Gasteiger partial charge in [-0.3, -0.25) is 15.0 Å². The Labute approximate surface area is 203 Å². The smallest absolute Gasteiger partial charge is 0.410 e. The highest BCUT2D eigenvalue weighted by Crippen LogP contribution is 2.39. The van der Waals surface area contributed by atoms with Crippen LogP contribution in [0.3, 0.4) is 0 Å². The Morgan fingerprint density at radius 2 is 1.76 bits per heavy atom. The number of halogens is 1. The van der Waals surface area contributed by atoms with E-state index in [1.807, 2.05) is 30.3 Å². The van der Waals surface area contributed by atoms with Crippen molar-refractivity contribution in [2.75, 3.05) is 51.3 Å². The van der Waals surface area contributed by atoms with Crippen LogP contribution >= 0.6 is 11.6 Å². The maximum Gasteiger partial charge on any atom is 0.410 e. The van der Waals surface area contributed by atoms with Crippen LogP contribution in [-0.4, -0.2) is 73.2 Å². The summed E-state index contributed by atoms with van der Waals surface area (Å²) >= 11 is 6.37. The Morgan fingerprint density at radius 3 is 2.38 bits per heavy atom. The fourth-order valence-electron chi connectivity index (χ4n) is 4.63. The number of carbonyl (C=O) groups is 1. The number of hydrogen-bond acceptors (Lipinski definition) is 7. The summed E-state index contributed by atoms with van der Waals surface area (Å²) in [5.74, 6) is 0.210. The van der Waals surface area contributed by atoms with Crippen LogP contribution < -0.4 is 9.64 Å². The van der Waals surface area contributed by atoms with Crippen molar-refractivity contribution in [1.82, 2.24) is 9.80 Å². The van der Waals surface area contributed by atoms with E-state index >= 15 is 0 Å². The SMILES string of the molecule is COc1cc(N2CCC(N3CCN(C(=O)OCc4ccccc4)CC3)CC2)c(Cl)cc1[N+](=O)[O-]. The molecule has 182 valence electrons. The van der Waals surface area contributed by atoms with Gasteiger partial charge in [0.15, 0.2) is 5.75 Å². The third kappa shape index (κ3) is 5.53. The quantitative estimate of drug-likeness (QED) is 0.445. The molecule has 10 heteroatoms. The normalized spacial score (nSPS) is 17.5. The van der Waals surface area contributed by atoms with Crippen LogP contribution in [0.25, 0.3) is 0 Å². The van der Waals surface area contributed by atoms with Gasteiger partial charge in [-0.25, -0.2) is 4.79 Å². The average molecular weight is 489 g/mol. The van der Waals surface area contributed by atoms with Gasteiger partial charge in [-0.1, -0.05) is 41.9 Å². The van der Waals surface area contributed by atoms with Crippen LogP contribution in [0.5, 0.6) is 5.75 Å². The number of benzene rings is 2. The topological polar surface area (TPSA) is 88.4 Å². The van der Waals surface area contributed by atoms with E-state index < -0.39 is 4.92 Å². The van der Waals surface area contributed by atoms with Crippen molar-refractivity contribution in [2.24, 2.45) is 0 Å². The fraction of sp³-hybridized carbons (Fsp3) is 0.458. The van der Waals surface area contributed by atoms with Crippen LogP contribution in [0.2, 0.25) is 5.02 Å². The van der Waals surface area contributed by atoms with Crippen molar-refractivity contribution in [3.05, 3.63) is 63.2 Å². The van der Waals surface area contributed by atoms with E-state index in [2.05, 4.69) is 9.80 Å². The van der Waals surface area contributed by atoms with Crippen molar-refractivity contribution in [3.8, 4) is 5.75 Å². The zero-order valence-electron chi connectivity index (χ0n) is 19.2. The molecule has 4 rings (SSSR count). The number of amides is 1. The summed E-state index contributed by atoms with van der Waals surface area (Å²) < 4.78 is 10.7. The molecule has 2 aliphatic heterocycles. The standard InChI is InChI=1S/C24H29ClN4O5/c1-33-23-16-21(20(25)15-22(23)29(31)32)27-9-7-19(8-10-27)26-11-13-28(14-12-26)24(30)34-17-18-5-3-2-4-6-18/h2-6,15-16,19H,7-14,17H2,1H3. The molecule has 2 fully saturated rings. The first-order valence-corrected chi connectivity index (χ1v) is 11.8. The molecule has 2 aromatic carbocycles. The second-order valence-electron chi connectivity index (χ2n) is 8.51.